The molecule has 0 saturated heterocycles. The smallest absolute Gasteiger partial charge is 0.338 e. The molecule has 2 aliphatic rings. The van der Waals surface area contributed by atoms with Crippen LogP contribution in [0.2, 0.25) is 5.02 Å². The average molecular weight is 454 g/mol. The molecule has 8 heteroatoms. The number of amides is 3. The van der Waals surface area contributed by atoms with Crippen molar-refractivity contribution in [3.8, 4) is 0 Å². The third kappa shape index (κ3) is 4.62. The standard InChI is InChI=1S/C24H24ClN3O4/c1-2-3-4-15-5-11-18(12-6-15)26-20(29)13-28-19-14-32-23(30)21(19)22(27-24(28)31)16-7-9-17(25)10-8-16/h5-12,22H,2-4,13-14H2,1H3,(H,26,29)(H,27,31)/t22-/m1/s1. The Morgan fingerprint density at radius 3 is 2.56 bits per heavy atom. The minimum absolute atomic E-state index is 0.0505. The third-order valence-electron chi connectivity index (χ3n) is 5.56. The highest BCUT2D eigenvalue weighted by Crippen LogP contribution is 2.35. The number of carbonyl (C=O) groups is 3. The average Bonchev–Trinajstić information content (AvgIpc) is 3.17. The maximum Gasteiger partial charge on any atom is 0.338 e. The van der Waals surface area contributed by atoms with E-state index in [0.717, 1.165) is 19.3 Å². The number of benzene rings is 2. The van der Waals surface area contributed by atoms with Crippen molar-refractivity contribution in [2.45, 2.75) is 32.2 Å². The summed E-state index contributed by atoms with van der Waals surface area (Å²) in [5.74, 6) is -0.870. The summed E-state index contributed by atoms with van der Waals surface area (Å²) >= 11 is 5.95. The second kappa shape index (κ2) is 9.44. The molecule has 2 aliphatic heterocycles. The third-order valence-corrected chi connectivity index (χ3v) is 5.81. The van der Waals surface area contributed by atoms with Crippen molar-refractivity contribution in [3.63, 3.8) is 0 Å². The Balaban J connectivity index is 1.49. The minimum Gasteiger partial charge on any atom is -0.456 e. The number of aryl methyl sites for hydroxylation is 1. The Bertz CT molecular complexity index is 1060. The number of hydrogen-bond donors (Lipinski definition) is 2. The molecule has 0 aromatic heterocycles. The van der Waals surface area contributed by atoms with Crippen LogP contribution in [-0.2, 0) is 20.7 Å². The molecule has 0 saturated carbocycles. The molecule has 3 amide bonds. The van der Waals surface area contributed by atoms with Crippen LogP contribution < -0.4 is 10.6 Å². The molecule has 2 N–H and O–H groups in total. The molecule has 0 bridgehead atoms. The zero-order chi connectivity index (χ0) is 22.7. The monoisotopic (exact) mass is 453 g/mol. The number of nitrogens with zero attached hydrogens (tertiary/aromatic N) is 1. The highest BCUT2D eigenvalue weighted by atomic mass is 35.5. The number of esters is 1. The number of hydrogen-bond acceptors (Lipinski definition) is 4. The number of anilines is 1. The summed E-state index contributed by atoms with van der Waals surface area (Å²) in [7, 11) is 0. The first kappa shape index (κ1) is 21.9. The number of halogens is 1. The first-order valence-electron chi connectivity index (χ1n) is 10.6. The maximum absolute atomic E-state index is 12.8. The van der Waals surface area contributed by atoms with Gasteiger partial charge in [-0.05, 0) is 48.2 Å². The van der Waals surface area contributed by atoms with Gasteiger partial charge in [-0.25, -0.2) is 9.59 Å². The number of rotatable bonds is 7. The van der Waals surface area contributed by atoms with Crippen molar-refractivity contribution in [3.05, 3.63) is 76.0 Å². The van der Waals surface area contributed by atoms with E-state index in [-0.39, 0.29) is 19.1 Å². The number of unbranched alkanes of at least 4 members (excludes halogenated alkanes) is 1. The summed E-state index contributed by atoms with van der Waals surface area (Å²) in [6, 6.07) is 13.4. The summed E-state index contributed by atoms with van der Waals surface area (Å²) in [5, 5.41) is 6.17. The minimum atomic E-state index is -0.653. The van der Waals surface area contributed by atoms with E-state index < -0.39 is 18.0 Å². The predicted molar refractivity (Wildman–Crippen MR) is 121 cm³/mol. The molecule has 2 aromatic rings. The molecule has 7 nitrogen and oxygen atoms in total. The fourth-order valence-electron chi connectivity index (χ4n) is 3.86. The van der Waals surface area contributed by atoms with Gasteiger partial charge in [0.2, 0.25) is 5.91 Å². The summed E-state index contributed by atoms with van der Waals surface area (Å²) in [6.07, 6.45) is 3.24. The van der Waals surface area contributed by atoms with Crippen LogP contribution in [0.25, 0.3) is 0 Å². The van der Waals surface area contributed by atoms with E-state index in [1.165, 1.54) is 10.5 Å². The fraction of sp³-hybridized carbons (Fsp3) is 0.292. The number of urea groups is 1. The molecular formula is C24H24ClN3O4. The van der Waals surface area contributed by atoms with E-state index in [1.54, 1.807) is 24.3 Å². The van der Waals surface area contributed by atoms with Gasteiger partial charge < -0.3 is 15.4 Å². The van der Waals surface area contributed by atoms with Crippen LogP contribution in [0.15, 0.2) is 59.8 Å². The topological polar surface area (TPSA) is 87.7 Å². The Morgan fingerprint density at radius 1 is 1.16 bits per heavy atom. The first-order valence-corrected chi connectivity index (χ1v) is 11.0. The van der Waals surface area contributed by atoms with Gasteiger partial charge in [0, 0.05) is 10.7 Å². The van der Waals surface area contributed by atoms with Crippen LogP contribution in [0.1, 0.15) is 36.9 Å². The van der Waals surface area contributed by atoms with Gasteiger partial charge in [-0.3, -0.25) is 9.69 Å². The van der Waals surface area contributed by atoms with E-state index in [1.807, 2.05) is 24.3 Å². The Morgan fingerprint density at radius 2 is 1.88 bits per heavy atom. The molecule has 2 aromatic carbocycles. The zero-order valence-corrected chi connectivity index (χ0v) is 18.4. The number of cyclic esters (lactones) is 1. The molecule has 0 radical (unpaired) electrons. The van der Waals surface area contributed by atoms with Crippen LogP contribution in [0.5, 0.6) is 0 Å². The summed E-state index contributed by atoms with van der Waals surface area (Å²) in [4.78, 5) is 39.2. The van der Waals surface area contributed by atoms with Gasteiger partial charge in [0.1, 0.15) is 13.2 Å². The van der Waals surface area contributed by atoms with Gasteiger partial charge in [-0.2, -0.15) is 0 Å². The normalized spacial score (nSPS) is 17.7. The van der Waals surface area contributed by atoms with Gasteiger partial charge >= 0.3 is 12.0 Å². The lowest BCUT2D eigenvalue weighted by Crippen LogP contribution is -2.49. The molecular weight excluding hydrogens is 430 g/mol. The van der Waals surface area contributed by atoms with Crippen LogP contribution in [0.3, 0.4) is 0 Å². The molecule has 0 unspecified atom stereocenters. The van der Waals surface area contributed by atoms with Crippen molar-refractivity contribution >= 4 is 35.2 Å². The van der Waals surface area contributed by atoms with Crippen molar-refractivity contribution in [2.75, 3.05) is 18.5 Å². The maximum atomic E-state index is 12.8. The van der Waals surface area contributed by atoms with Gasteiger partial charge in [-0.1, -0.05) is 49.2 Å². The molecule has 0 aliphatic carbocycles. The second-order valence-corrected chi connectivity index (χ2v) is 8.24. The van der Waals surface area contributed by atoms with Crippen molar-refractivity contribution in [1.82, 2.24) is 10.2 Å². The molecule has 0 fully saturated rings. The zero-order valence-electron chi connectivity index (χ0n) is 17.7. The van der Waals surface area contributed by atoms with Gasteiger partial charge in [-0.15, -0.1) is 0 Å². The van der Waals surface area contributed by atoms with Crippen LogP contribution >= 0.6 is 11.6 Å². The highest BCUT2D eigenvalue weighted by molar-refractivity contribution is 6.30. The summed E-state index contributed by atoms with van der Waals surface area (Å²) < 4.78 is 5.19. The quantitative estimate of drug-likeness (QED) is 0.615. The Hall–Kier alpha value is -3.32. The van der Waals surface area contributed by atoms with Gasteiger partial charge in [0.05, 0.1) is 17.3 Å². The van der Waals surface area contributed by atoms with Gasteiger partial charge in [0.15, 0.2) is 0 Å². The van der Waals surface area contributed by atoms with E-state index in [0.29, 0.717) is 27.5 Å². The van der Waals surface area contributed by atoms with Crippen LogP contribution in [0, 0.1) is 0 Å². The van der Waals surface area contributed by atoms with Crippen molar-refractivity contribution < 1.29 is 19.1 Å². The molecule has 1 atom stereocenters. The van der Waals surface area contributed by atoms with E-state index in [2.05, 4.69) is 17.6 Å². The highest BCUT2D eigenvalue weighted by Gasteiger charge is 2.42. The first-order chi connectivity index (χ1) is 15.5. The van der Waals surface area contributed by atoms with E-state index in [9.17, 15) is 14.4 Å². The molecule has 2 heterocycles. The SMILES string of the molecule is CCCCc1ccc(NC(=O)CN2C(=O)N[C@H](c3ccc(Cl)cc3)C3=C2COC3=O)cc1. The number of nitrogens with one attached hydrogen (secondary N) is 2. The molecule has 0 spiro atoms. The van der Waals surface area contributed by atoms with E-state index in [4.69, 9.17) is 16.3 Å². The van der Waals surface area contributed by atoms with Crippen LogP contribution in [0.4, 0.5) is 10.5 Å². The van der Waals surface area contributed by atoms with Crippen molar-refractivity contribution in [2.24, 2.45) is 0 Å². The number of ether oxygens (including phenoxy) is 1. The van der Waals surface area contributed by atoms with Crippen LogP contribution in [-0.4, -0.2) is 36.0 Å². The molecule has 166 valence electrons. The molecule has 32 heavy (non-hydrogen) atoms. The summed E-state index contributed by atoms with van der Waals surface area (Å²) in [6.45, 7) is 1.87. The largest absolute Gasteiger partial charge is 0.456 e. The Labute approximate surface area is 191 Å². The van der Waals surface area contributed by atoms with E-state index >= 15 is 0 Å². The number of carbonyl (C=O) groups excluding carboxylic acids is 3. The Kier molecular flexibility index (Phi) is 6.46. The van der Waals surface area contributed by atoms with Crippen molar-refractivity contribution in [1.29, 1.82) is 0 Å². The lowest BCUT2D eigenvalue weighted by molar-refractivity contribution is -0.136. The van der Waals surface area contributed by atoms with Gasteiger partial charge in [0.25, 0.3) is 0 Å². The summed E-state index contributed by atoms with van der Waals surface area (Å²) in [5.41, 5.74) is 3.31. The lowest BCUT2D eigenvalue weighted by Gasteiger charge is -2.32. The predicted octanol–water partition coefficient (Wildman–Crippen LogP) is 4.20. The molecule has 4 rings (SSSR count). The fourth-order valence-corrected chi connectivity index (χ4v) is 3.99. The second-order valence-electron chi connectivity index (χ2n) is 7.81. The lowest BCUT2D eigenvalue weighted by atomic mass is 9.96.